The number of nitrogens with one attached hydrogen (secondary N) is 1. The van der Waals surface area contributed by atoms with E-state index in [4.69, 9.17) is 16.0 Å². The van der Waals surface area contributed by atoms with Gasteiger partial charge in [0.05, 0.1) is 17.3 Å². The molecule has 0 spiro atoms. The first-order valence-corrected chi connectivity index (χ1v) is 7.06. The summed E-state index contributed by atoms with van der Waals surface area (Å²) in [5.41, 5.74) is 3.54. The standard InChI is InChI=1S/C16H11ClN2O2/c17-10-3-1-2-9(8-10)13-11-5-7-21-16(11)19-14-12(20)4-6-18-15(13)14/h1-3,5,7-8,18H,4,6H2. The number of pyridine rings is 1. The smallest absolute Gasteiger partial charge is 0.227 e. The highest BCUT2D eigenvalue weighted by molar-refractivity contribution is 6.31. The molecule has 4 nitrogen and oxygen atoms in total. The molecule has 1 aliphatic heterocycles. The van der Waals surface area contributed by atoms with E-state index >= 15 is 0 Å². The molecule has 3 heterocycles. The van der Waals surface area contributed by atoms with Crippen molar-refractivity contribution in [2.24, 2.45) is 0 Å². The lowest BCUT2D eigenvalue weighted by molar-refractivity contribution is 0.0979. The fraction of sp³-hybridized carbons (Fsp3) is 0.125. The Bertz CT molecular complexity index is 870. The highest BCUT2D eigenvalue weighted by atomic mass is 35.5. The Morgan fingerprint density at radius 1 is 1.29 bits per heavy atom. The summed E-state index contributed by atoms with van der Waals surface area (Å²) in [6.45, 7) is 0.616. The topological polar surface area (TPSA) is 55.1 Å². The number of hydrogen-bond acceptors (Lipinski definition) is 4. The van der Waals surface area contributed by atoms with Crippen LogP contribution in [0.25, 0.3) is 22.2 Å². The number of aromatic nitrogens is 1. The molecule has 0 atom stereocenters. The highest BCUT2D eigenvalue weighted by Gasteiger charge is 2.25. The number of benzene rings is 1. The van der Waals surface area contributed by atoms with Crippen LogP contribution in [-0.4, -0.2) is 17.3 Å². The third-order valence-corrected chi connectivity index (χ3v) is 3.88. The van der Waals surface area contributed by atoms with Crippen LogP contribution in [0.3, 0.4) is 0 Å². The van der Waals surface area contributed by atoms with Gasteiger partial charge in [0.1, 0.15) is 5.69 Å². The summed E-state index contributed by atoms with van der Waals surface area (Å²) in [5.74, 6) is 0.0327. The highest BCUT2D eigenvalue weighted by Crippen LogP contribution is 2.39. The molecule has 3 aromatic rings. The average molecular weight is 299 g/mol. The van der Waals surface area contributed by atoms with E-state index in [9.17, 15) is 4.79 Å². The van der Waals surface area contributed by atoms with Gasteiger partial charge in [0.25, 0.3) is 0 Å². The van der Waals surface area contributed by atoms with E-state index in [1.54, 1.807) is 6.26 Å². The van der Waals surface area contributed by atoms with E-state index in [2.05, 4.69) is 10.3 Å². The lowest BCUT2D eigenvalue weighted by Gasteiger charge is -2.20. The summed E-state index contributed by atoms with van der Waals surface area (Å²) in [5, 5.41) is 4.82. The number of anilines is 1. The summed E-state index contributed by atoms with van der Waals surface area (Å²) < 4.78 is 5.40. The fourth-order valence-corrected chi connectivity index (χ4v) is 2.92. The monoisotopic (exact) mass is 298 g/mol. The number of halogens is 1. The van der Waals surface area contributed by atoms with Crippen molar-refractivity contribution in [2.45, 2.75) is 6.42 Å². The zero-order valence-corrected chi connectivity index (χ0v) is 11.8. The number of carbonyl (C=O) groups is 1. The number of carbonyl (C=O) groups excluding carboxylic acids is 1. The van der Waals surface area contributed by atoms with Gasteiger partial charge in [-0.3, -0.25) is 4.79 Å². The van der Waals surface area contributed by atoms with Gasteiger partial charge < -0.3 is 9.73 Å². The van der Waals surface area contributed by atoms with Crippen LogP contribution in [0.15, 0.2) is 41.0 Å². The van der Waals surface area contributed by atoms with Gasteiger partial charge in [0, 0.05) is 23.6 Å². The van der Waals surface area contributed by atoms with Gasteiger partial charge in [-0.1, -0.05) is 23.7 Å². The average Bonchev–Trinajstić information content (AvgIpc) is 2.93. The van der Waals surface area contributed by atoms with Crippen molar-refractivity contribution in [3.05, 3.63) is 47.3 Å². The molecule has 0 saturated carbocycles. The molecular formula is C16H11ClN2O2. The third-order valence-electron chi connectivity index (χ3n) is 3.65. The van der Waals surface area contributed by atoms with Gasteiger partial charge in [-0.2, -0.15) is 0 Å². The second-order valence-corrected chi connectivity index (χ2v) is 5.40. The minimum absolute atomic E-state index is 0.0327. The van der Waals surface area contributed by atoms with Crippen molar-refractivity contribution >= 4 is 34.2 Å². The summed E-state index contributed by atoms with van der Waals surface area (Å²) in [6.07, 6.45) is 2.03. The van der Waals surface area contributed by atoms with Crippen LogP contribution in [0.2, 0.25) is 5.02 Å². The van der Waals surface area contributed by atoms with E-state index in [0.29, 0.717) is 29.4 Å². The molecule has 1 aliphatic rings. The molecule has 1 aromatic carbocycles. The van der Waals surface area contributed by atoms with Crippen molar-refractivity contribution in [1.82, 2.24) is 4.98 Å². The van der Waals surface area contributed by atoms with Crippen LogP contribution >= 0.6 is 11.6 Å². The molecule has 0 fully saturated rings. The molecule has 0 amide bonds. The quantitative estimate of drug-likeness (QED) is 0.733. The van der Waals surface area contributed by atoms with Gasteiger partial charge in [-0.05, 0) is 23.8 Å². The number of Topliss-reactive ketones (excluding diaryl/α,β-unsaturated/α-hetero) is 1. The molecule has 0 aliphatic carbocycles. The molecular weight excluding hydrogens is 288 g/mol. The van der Waals surface area contributed by atoms with Crippen molar-refractivity contribution in [3.8, 4) is 11.1 Å². The molecule has 0 unspecified atom stereocenters. The number of rotatable bonds is 1. The maximum Gasteiger partial charge on any atom is 0.227 e. The first kappa shape index (κ1) is 12.4. The van der Waals surface area contributed by atoms with Gasteiger partial charge in [0.2, 0.25) is 5.71 Å². The molecule has 0 radical (unpaired) electrons. The van der Waals surface area contributed by atoms with Crippen LogP contribution in [0, 0.1) is 0 Å². The van der Waals surface area contributed by atoms with E-state index < -0.39 is 0 Å². The molecule has 21 heavy (non-hydrogen) atoms. The van der Waals surface area contributed by atoms with E-state index in [0.717, 1.165) is 22.2 Å². The van der Waals surface area contributed by atoms with Crippen LogP contribution in [0.1, 0.15) is 16.9 Å². The second kappa shape index (κ2) is 4.60. The van der Waals surface area contributed by atoms with Crippen LogP contribution in [-0.2, 0) is 0 Å². The summed E-state index contributed by atoms with van der Waals surface area (Å²) in [4.78, 5) is 16.5. The Morgan fingerprint density at radius 2 is 2.19 bits per heavy atom. The summed E-state index contributed by atoms with van der Waals surface area (Å²) >= 11 is 6.11. The maximum atomic E-state index is 12.1. The number of nitrogens with zero attached hydrogens (tertiary/aromatic N) is 1. The minimum atomic E-state index is 0.0327. The number of ketones is 1. The zero-order chi connectivity index (χ0) is 14.4. The Balaban J connectivity index is 2.11. The molecule has 0 bridgehead atoms. The molecule has 2 aromatic heterocycles. The van der Waals surface area contributed by atoms with Crippen molar-refractivity contribution in [2.75, 3.05) is 11.9 Å². The second-order valence-electron chi connectivity index (χ2n) is 4.96. The van der Waals surface area contributed by atoms with Gasteiger partial charge >= 0.3 is 0 Å². The van der Waals surface area contributed by atoms with E-state index in [1.165, 1.54) is 0 Å². The molecule has 0 saturated heterocycles. The summed E-state index contributed by atoms with van der Waals surface area (Å²) in [6, 6.07) is 9.42. The number of fused-ring (bicyclic) bond motifs is 2. The largest absolute Gasteiger partial charge is 0.446 e. The molecule has 5 heteroatoms. The maximum absolute atomic E-state index is 12.1. The van der Waals surface area contributed by atoms with Crippen LogP contribution < -0.4 is 5.32 Å². The number of furan rings is 1. The van der Waals surface area contributed by atoms with E-state index in [-0.39, 0.29) is 5.78 Å². The molecule has 4 rings (SSSR count). The molecule has 1 N–H and O–H groups in total. The van der Waals surface area contributed by atoms with E-state index in [1.807, 2.05) is 30.3 Å². The Labute approximate surface area is 125 Å². The Hall–Kier alpha value is -2.33. The Morgan fingerprint density at radius 3 is 3.05 bits per heavy atom. The van der Waals surface area contributed by atoms with Gasteiger partial charge in [-0.15, -0.1) is 0 Å². The molecule has 104 valence electrons. The summed E-state index contributed by atoms with van der Waals surface area (Å²) in [7, 11) is 0. The predicted molar refractivity (Wildman–Crippen MR) is 81.9 cm³/mol. The number of hydrogen-bond donors (Lipinski definition) is 1. The predicted octanol–water partition coefficient (Wildman–Crippen LogP) is 4.15. The first-order valence-electron chi connectivity index (χ1n) is 6.68. The zero-order valence-electron chi connectivity index (χ0n) is 11.0. The lowest BCUT2D eigenvalue weighted by Crippen LogP contribution is -2.20. The normalized spacial score (nSPS) is 14.0. The van der Waals surface area contributed by atoms with Gasteiger partial charge in [0.15, 0.2) is 5.78 Å². The fourth-order valence-electron chi connectivity index (χ4n) is 2.73. The van der Waals surface area contributed by atoms with Crippen molar-refractivity contribution < 1.29 is 9.21 Å². The van der Waals surface area contributed by atoms with Gasteiger partial charge in [-0.25, -0.2) is 4.98 Å². The first-order chi connectivity index (χ1) is 10.2. The minimum Gasteiger partial charge on any atom is -0.446 e. The van der Waals surface area contributed by atoms with Crippen molar-refractivity contribution in [1.29, 1.82) is 0 Å². The van der Waals surface area contributed by atoms with Crippen LogP contribution in [0.5, 0.6) is 0 Å². The van der Waals surface area contributed by atoms with Crippen molar-refractivity contribution in [3.63, 3.8) is 0 Å². The third kappa shape index (κ3) is 1.91. The van der Waals surface area contributed by atoms with Crippen LogP contribution in [0.4, 0.5) is 5.69 Å². The lowest BCUT2D eigenvalue weighted by atomic mass is 9.96. The SMILES string of the molecule is O=C1CCNc2c1nc1occc1c2-c1cccc(Cl)c1. The Kier molecular flexibility index (Phi) is 2.72.